The Kier molecular flexibility index (Phi) is 5.18. The van der Waals surface area contributed by atoms with E-state index in [1.54, 1.807) is 6.20 Å². The fraction of sp³-hybridized carbons (Fsp3) is 0.727. The molecule has 0 aromatic carbocycles. The summed E-state index contributed by atoms with van der Waals surface area (Å²) in [6, 6.07) is 0. The summed E-state index contributed by atoms with van der Waals surface area (Å²) < 4.78 is 4.48. The zero-order chi connectivity index (χ0) is 11.1. The van der Waals surface area contributed by atoms with Gasteiger partial charge in [-0.3, -0.25) is 0 Å². The van der Waals surface area contributed by atoms with Gasteiger partial charge in [0.25, 0.3) is 0 Å². The lowest BCUT2D eigenvalue weighted by atomic mass is 10.1. The third-order valence-corrected chi connectivity index (χ3v) is 2.76. The van der Waals surface area contributed by atoms with Crippen LogP contribution in [0.1, 0.15) is 13.3 Å². The smallest absolute Gasteiger partial charge is 0.331 e. The van der Waals surface area contributed by atoms with Crippen molar-refractivity contribution in [2.75, 3.05) is 33.3 Å². The molecule has 1 aliphatic heterocycles. The SMILES string of the molecule is CCN1CCC(CN/C=C/C(=O)OC)C1. The first-order valence-electron chi connectivity index (χ1n) is 5.46. The molecule has 0 spiro atoms. The highest BCUT2D eigenvalue weighted by Crippen LogP contribution is 2.14. The van der Waals surface area contributed by atoms with Crippen LogP contribution >= 0.6 is 0 Å². The number of hydrogen-bond acceptors (Lipinski definition) is 4. The average Bonchev–Trinajstić information content (AvgIpc) is 2.72. The van der Waals surface area contributed by atoms with E-state index in [0.29, 0.717) is 5.92 Å². The second-order valence-corrected chi connectivity index (χ2v) is 3.81. The molecule has 0 aliphatic carbocycles. The maximum atomic E-state index is 10.7. The molecule has 1 aliphatic rings. The summed E-state index contributed by atoms with van der Waals surface area (Å²) in [4.78, 5) is 13.2. The van der Waals surface area contributed by atoms with Crippen molar-refractivity contribution in [1.82, 2.24) is 10.2 Å². The van der Waals surface area contributed by atoms with Gasteiger partial charge in [-0.05, 0) is 25.4 Å². The van der Waals surface area contributed by atoms with Crippen LogP contribution in [0.4, 0.5) is 0 Å². The summed E-state index contributed by atoms with van der Waals surface area (Å²) in [5, 5.41) is 3.13. The maximum absolute atomic E-state index is 10.7. The van der Waals surface area contributed by atoms with Crippen molar-refractivity contribution in [2.24, 2.45) is 5.92 Å². The number of methoxy groups -OCH3 is 1. The van der Waals surface area contributed by atoms with Crippen LogP contribution < -0.4 is 5.32 Å². The van der Waals surface area contributed by atoms with E-state index in [2.05, 4.69) is 21.9 Å². The number of nitrogens with one attached hydrogen (secondary N) is 1. The predicted molar refractivity (Wildman–Crippen MR) is 59.4 cm³/mol. The lowest BCUT2D eigenvalue weighted by Gasteiger charge is -2.12. The quantitative estimate of drug-likeness (QED) is 0.535. The molecule has 86 valence electrons. The van der Waals surface area contributed by atoms with Crippen molar-refractivity contribution in [3.63, 3.8) is 0 Å². The van der Waals surface area contributed by atoms with E-state index in [1.807, 2.05) is 0 Å². The zero-order valence-electron chi connectivity index (χ0n) is 9.53. The minimum Gasteiger partial charge on any atom is -0.466 e. The van der Waals surface area contributed by atoms with E-state index < -0.39 is 0 Å². The Labute approximate surface area is 91.3 Å². The highest BCUT2D eigenvalue weighted by atomic mass is 16.5. The first-order chi connectivity index (χ1) is 7.26. The summed E-state index contributed by atoms with van der Waals surface area (Å²) in [6.45, 7) is 6.62. The Morgan fingerprint density at radius 3 is 3.07 bits per heavy atom. The highest BCUT2D eigenvalue weighted by Gasteiger charge is 2.19. The molecule has 0 radical (unpaired) electrons. The molecule has 0 aromatic rings. The van der Waals surface area contributed by atoms with Crippen molar-refractivity contribution < 1.29 is 9.53 Å². The number of hydrogen-bond donors (Lipinski definition) is 1. The van der Waals surface area contributed by atoms with Gasteiger partial charge in [-0.15, -0.1) is 0 Å². The molecule has 1 saturated heterocycles. The van der Waals surface area contributed by atoms with Gasteiger partial charge < -0.3 is 15.0 Å². The summed E-state index contributed by atoms with van der Waals surface area (Å²) in [5.74, 6) is 0.386. The molecular weight excluding hydrogens is 192 g/mol. The topological polar surface area (TPSA) is 41.6 Å². The summed E-state index contributed by atoms with van der Waals surface area (Å²) in [5.41, 5.74) is 0. The van der Waals surface area contributed by atoms with Gasteiger partial charge in [0.1, 0.15) is 0 Å². The molecule has 4 nitrogen and oxygen atoms in total. The van der Waals surface area contributed by atoms with Gasteiger partial charge in [0.2, 0.25) is 0 Å². The van der Waals surface area contributed by atoms with Crippen LogP contribution in [0, 0.1) is 5.92 Å². The van der Waals surface area contributed by atoms with E-state index in [-0.39, 0.29) is 5.97 Å². The van der Waals surface area contributed by atoms with Gasteiger partial charge in [0.05, 0.1) is 7.11 Å². The van der Waals surface area contributed by atoms with Gasteiger partial charge in [-0.25, -0.2) is 4.79 Å². The van der Waals surface area contributed by atoms with Crippen molar-refractivity contribution >= 4 is 5.97 Å². The Hall–Kier alpha value is -1.03. The zero-order valence-corrected chi connectivity index (χ0v) is 9.53. The van der Waals surface area contributed by atoms with Gasteiger partial charge in [-0.1, -0.05) is 6.92 Å². The molecule has 0 saturated carbocycles. The van der Waals surface area contributed by atoms with Crippen LogP contribution in [0.15, 0.2) is 12.3 Å². The fourth-order valence-corrected chi connectivity index (χ4v) is 1.80. The number of carbonyl (C=O) groups excluding carboxylic acids is 1. The molecule has 4 heteroatoms. The minimum atomic E-state index is -0.316. The van der Waals surface area contributed by atoms with Crippen LogP contribution in [-0.2, 0) is 9.53 Å². The van der Waals surface area contributed by atoms with Crippen LogP contribution in [0.3, 0.4) is 0 Å². The number of carbonyl (C=O) groups is 1. The number of esters is 1. The van der Waals surface area contributed by atoms with Gasteiger partial charge >= 0.3 is 5.97 Å². The maximum Gasteiger partial charge on any atom is 0.331 e. The number of likely N-dealkylation sites (tertiary alicyclic amines) is 1. The first kappa shape index (κ1) is 12.0. The van der Waals surface area contributed by atoms with Crippen molar-refractivity contribution in [3.05, 3.63) is 12.3 Å². The molecule has 0 aromatic heterocycles. The standard InChI is InChI=1S/C11H20N2O2/c1-3-13-7-5-10(9-13)8-12-6-4-11(14)15-2/h4,6,10,12H,3,5,7-9H2,1-2H3/b6-4+. The Bertz CT molecular complexity index is 229. The fourth-order valence-electron chi connectivity index (χ4n) is 1.80. The van der Waals surface area contributed by atoms with Gasteiger partial charge in [0.15, 0.2) is 0 Å². The van der Waals surface area contributed by atoms with Crippen molar-refractivity contribution in [1.29, 1.82) is 0 Å². The largest absolute Gasteiger partial charge is 0.466 e. The Balaban J connectivity index is 2.11. The van der Waals surface area contributed by atoms with E-state index >= 15 is 0 Å². The molecule has 0 amide bonds. The molecule has 1 rings (SSSR count). The molecule has 1 atom stereocenters. The molecular formula is C11H20N2O2. The molecule has 15 heavy (non-hydrogen) atoms. The Morgan fingerprint density at radius 2 is 2.47 bits per heavy atom. The normalized spacial score (nSPS) is 22.1. The second-order valence-electron chi connectivity index (χ2n) is 3.81. The lowest BCUT2D eigenvalue weighted by molar-refractivity contribution is -0.134. The van der Waals surface area contributed by atoms with E-state index in [1.165, 1.54) is 26.2 Å². The van der Waals surface area contributed by atoms with Crippen molar-refractivity contribution in [3.8, 4) is 0 Å². The minimum absolute atomic E-state index is 0.316. The third kappa shape index (κ3) is 4.34. The number of rotatable bonds is 5. The third-order valence-electron chi connectivity index (χ3n) is 2.76. The molecule has 0 bridgehead atoms. The van der Waals surface area contributed by atoms with Crippen molar-refractivity contribution in [2.45, 2.75) is 13.3 Å². The molecule has 1 N–H and O–H groups in total. The molecule has 1 heterocycles. The predicted octanol–water partition coefficient (Wildman–Crippen LogP) is 0.604. The van der Waals surface area contributed by atoms with Gasteiger partial charge in [-0.2, -0.15) is 0 Å². The average molecular weight is 212 g/mol. The summed E-state index contributed by atoms with van der Waals surface area (Å²) in [7, 11) is 1.38. The number of nitrogens with zero attached hydrogens (tertiary/aromatic N) is 1. The number of ether oxygens (including phenoxy) is 1. The van der Waals surface area contributed by atoms with Crippen LogP contribution in [-0.4, -0.2) is 44.2 Å². The molecule has 1 fully saturated rings. The van der Waals surface area contributed by atoms with Crippen LogP contribution in [0.5, 0.6) is 0 Å². The Morgan fingerprint density at radius 1 is 1.67 bits per heavy atom. The first-order valence-corrected chi connectivity index (χ1v) is 5.46. The van der Waals surface area contributed by atoms with E-state index in [9.17, 15) is 4.79 Å². The van der Waals surface area contributed by atoms with Gasteiger partial charge in [0, 0.05) is 25.4 Å². The van der Waals surface area contributed by atoms with E-state index in [4.69, 9.17) is 0 Å². The second kappa shape index (κ2) is 6.45. The highest BCUT2D eigenvalue weighted by molar-refractivity contribution is 5.81. The summed E-state index contributed by atoms with van der Waals surface area (Å²) >= 11 is 0. The monoisotopic (exact) mass is 212 g/mol. The summed E-state index contributed by atoms with van der Waals surface area (Å²) in [6.07, 6.45) is 4.32. The lowest BCUT2D eigenvalue weighted by Crippen LogP contribution is -2.24. The molecule has 1 unspecified atom stereocenters. The van der Waals surface area contributed by atoms with E-state index in [0.717, 1.165) is 19.6 Å². The van der Waals surface area contributed by atoms with Crippen LogP contribution in [0.2, 0.25) is 0 Å². The van der Waals surface area contributed by atoms with Crippen LogP contribution in [0.25, 0.3) is 0 Å².